The molecule has 2 aromatic rings. The molecule has 5 heteroatoms. The van der Waals surface area contributed by atoms with Crippen LogP contribution in [0.2, 0.25) is 5.02 Å². The van der Waals surface area contributed by atoms with Gasteiger partial charge in [0.25, 0.3) is 5.91 Å². The smallest absolute Gasteiger partial charge is 0.258 e. The molecule has 0 spiro atoms. The number of hydrogen-bond acceptors (Lipinski definition) is 3. The van der Waals surface area contributed by atoms with E-state index in [1.165, 1.54) is 16.9 Å². The molecule has 1 aliphatic carbocycles. The Hall–Kier alpha value is -1.52. The highest BCUT2D eigenvalue weighted by Crippen LogP contribution is 2.41. The second-order valence-corrected chi connectivity index (χ2v) is 7.00. The zero-order valence-corrected chi connectivity index (χ0v) is 13.1. The first-order valence-electron chi connectivity index (χ1n) is 7.15. The van der Waals surface area contributed by atoms with Gasteiger partial charge in [-0.3, -0.25) is 4.79 Å². The van der Waals surface area contributed by atoms with Crippen LogP contribution in [-0.4, -0.2) is 17.5 Å². The first-order chi connectivity index (χ1) is 10.2. The Labute approximate surface area is 132 Å². The Bertz CT molecular complexity index is 725. The van der Waals surface area contributed by atoms with E-state index in [0.717, 1.165) is 29.0 Å². The largest absolute Gasteiger partial charge is 0.359 e. The molecular weight excluding hydrogens is 304 g/mol. The number of anilines is 1. The molecule has 0 saturated carbocycles. The number of rotatable bonds is 2. The van der Waals surface area contributed by atoms with E-state index in [1.54, 1.807) is 11.3 Å². The summed E-state index contributed by atoms with van der Waals surface area (Å²) in [5, 5.41) is 5.16. The van der Waals surface area contributed by atoms with Crippen molar-refractivity contribution in [3.63, 3.8) is 0 Å². The summed E-state index contributed by atoms with van der Waals surface area (Å²) in [6, 6.07) is 7.71. The summed E-state index contributed by atoms with van der Waals surface area (Å²) >= 11 is 7.96. The van der Waals surface area contributed by atoms with Crippen LogP contribution in [0.3, 0.4) is 0 Å². The van der Waals surface area contributed by atoms with Crippen molar-refractivity contribution in [1.29, 1.82) is 0 Å². The number of carbonyl (C=O) groups is 1. The van der Waals surface area contributed by atoms with Crippen LogP contribution in [0.25, 0.3) is 0 Å². The summed E-state index contributed by atoms with van der Waals surface area (Å²) in [5.41, 5.74) is 3.17. The minimum atomic E-state index is 0.142. The summed E-state index contributed by atoms with van der Waals surface area (Å²) in [5.74, 6) is 0.142. The number of benzene rings is 1. The van der Waals surface area contributed by atoms with Crippen LogP contribution in [0.4, 0.5) is 5.00 Å². The predicted molar refractivity (Wildman–Crippen MR) is 86.2 cm³/mol. The van der Waals surface area contributed by atoms with E-state index in [4.69, 9.17) is 11.6 Å². The van der Waals surface area contributed by atoms with Gasteiger partial charge in [-0.15, -0.1) is 11.3 Å². The van der Waals surface area contributed by atoms with Gasteiger partial charge in [0.05, 0.1) is 12.2 Å². The lowest BCUT2D eigenvalue weighted by Crippen LogP contribution is -2.39. The van der Waals surface area contributed by atoms with Crippen molar-refractivity contribution in [1.82, 2.24) is 4.90 Å². The van der Waals surface area contributed by atoms with E-state index in [-0.39, 0.29) is 5.91 Å². The van der Waals surface area contributed by atoms with Gasteiger partial charge in [-0.2, -0.15) is 0 Å². The number of thiophene rings is 1. The Morgan fingerprint density at radius 1 is 1.29 bits per heavy atom. The van der Waals surface area contributed by atoms with Crippen LogP contribution in [0, 0.1) is 0 Å². The van der Waals surface area contributed by atoms with Crippen molar-refractivity contribution in [2.24, 2.45) is 0 Å². The highest BCUT2D eigenvalue weighted by Gasteiger charge is 2.32. The van der Waals surface area contributed by atoms with E-state index >= 15 is 0 Å². The lowest BCUT2D eigenvalue weighted by atomic mass is 10.1. The number of fused-ring (bicyclic) bond motifs is 3. The molecule has 0 bridgehead atoms. The molecule has 0 saturated heterocycles. The van der Waals surface area contributed by atoms with Crippen LogP contribution in [0.5, 0.6) is 0 Å². The maximum atomic E-state index is 12.8. The fourth-order valence-electron chi connectivity index (χ4n) is 3.11. The normalized spacial score (nSPS) is 16.6. The van der Waals surface area contributed by atoms with Crippen LogP contribution < -0.4 is 5.32 Å². The van der Waals surface area contributed by atoms with Gasteiger partial charge in [0.15, 0.2) is 0 Å². The maximum Gasteiger partial charge on any atom is 0.258 e. The summed E-state index contributed by atoms with van der Waals surface area (Å²) in [6.45, 7) is 1.10. The summed E-state index contributed by atoms with van der Waals surface area (Å²) in [6.07, 6.45) is 3.33. The molecule has 1 aromatic carbocycles. The predicted octanol–water partition coefficient (Wildman–Crippen LogP) is 3.92. The van der Waals surface area contributed by atoms with Crippen LogP contribution >= 0.6 is 22.9 Å². The molecule has 3 nitrogen and oxygen atoms in total. The van der Waals surface area contributed by atoms with E-state index in [2.05, 4.69) is 5.32 Å². The summed E-state index contributed by atoms with van der Waals surface area (Å²) in [4.78, 5) is 16.0. The molecule has 1 aliphatic heterocycles. The fourth-order valence-corrected chi connectivity index (χ4v) is 4.58. The highest BCUT2D eigenvalue weighted by atomic mass is 35.5. The second-order valence-electron chi connectivity index (χ2n) is 5.49. The van der Waals surface area contributed by atoms with E-state index in [9.17, 15) is 4.79 Å². The molecular formula is C16H15ClN2OS. The van der Waals surface area contributed by atoms with Gasteiger partial charge in [-0.05, 0) is 36.5 Å². The van der Waals surface area contributed by atoms with Gasteiger partial charge in [-0.25, -0.2) is 0 Å². The van der Waals surface area contributed by atoms with Crippen molar-refractivity contribution in [2.75, 3.05) is 12.0 Å². The second kappa shape index (κ2) is 5.04. The number of aryl methyl sites for hydroxylation is 1. The van der Waals surface area contributed by atoms with Gasteiger partial charge in [-0.1, -0.05) is 29.8 Å². The molecule has 1 aromatic heterocycles. The molecule has 2 heterocycles. The molecule has 1 N–H and O–H groups in total. The SMILES string of the molecule is O=C1c2c(sc3c2CCC3)NCN1Cc1ccccc1Cl. The lowest BCUT2D eigenvalue weighted by Gasteiger charge is -2.28. The quantitative estimate of drug-likeness (QED) is 0.910. The fraction of sp³-hybridized carbons (Fsp3) is 0.312. The van der Waals surface area contributed by atoms with Crippen LogP contribution in [0.15, 0.2) is 24.3 Å². The number of nitrogens with one attached hydrogen (secondary N) is 1. The van der Waals surface area contributed by atoms with Gasteiger partial charge in [0, 0.05) is 16.4 Å². The third-order valence-corrected chi connectivity index (χ3v) is 5.79. The number of carbonyl (C=O) groups excluding carboxylic acids is 1. The van der Waals surface area contributed by atoms with Crippen molar-refractivity contribution in [3.05, 3.63) is 50.9 Å². The minimum absolute atomic E-state index is 0.142. The Balaban J connectivity index is 1.65. The standard InChI is InChI=1S/C16H15ClN2OS/c17-12-6-2-1-4-10(12)8-19-9-18-15-14(16(19)20)11-5-3-7-13(11)21-15/h1-2,4,6,18H,3,5,7-9H2. The molecule has 0 fully saturated rings. The average Bonchev–Trinajstić information content (AvgIpc) is 3.04. The number of hydrogen-bond donors (Lipinski definition) is 1. The Kier molecular flexibility index (Phi) is 3.16. The Morgan fingerprint density at radius 3 is 3.00 bits per heavy atom. The van der Waals surface area contributed by atoms with E-state index in [0.29, 0.717) is 18.2 Å². The first-order valence-corrected chi connectivity index (χ1v) is 8.34. The molecule has 0 atom stereocenters. The average molecular weight is 319 g/mol. The van der Waals surface area contributed by atoms with Gasteiger partial charge < -0.3 is 10.2 Å². The van der Waals surface area contributed by atoms with Crippen LogP contribution in [-0.2, 0) is 19.4 Å². The van der Waals surface area contributed by atoms with Gasteiger partial charge >= 0.3 is 0 Å². The van der Waals surface area contributed by atoms with Crippen molar-refractivity contribution in [2.45, 2.75) is 25.8 Å². The molecule has 108 valence electrons. The summed E-state index contributed by atoms with van der Waals surface area (Å²) < 4.78 is 0. The lowest BCUT2D eigenvalue weighted by molar-refractivity contribution is 0.0746. The molecule has 2 aliphatic rings. The molecule has 4 rings (SSSR count). The first kappa shape index (κ1) is 13.2. The zero-order chi connectivity index (χ0) is 14.4. The number of nitrogens with zero attached hydrogens (tertiary/aromatic N) is 1. The maximum absolute atomic E-state index is 12.8. The molecule has 21 heavy (non-hydrogen) atoms. The highest BCUT2D eigenvalue weighted by molar-refractivity contribution is 7.16. The molecule has 0 radical (unpaired) electrons. The zero-order valence-electron chi connectivity index (χ0n) is 11.5. The van der Waals surface area contributed by atoms with Gasteiger partial charge in [0.1, 0.15) is 5.00 Å². The molecule has 1 amide bonds. The Morgan fingerprint density at radius 2 is 2.14 bits per heavy atom. The monoisotopic (exact) mass is 318 g/mol. The third-order valence-electron chi connectivity index (χ3n) is 4.17. The van der Waals surface area contributed by atoms with Crippen molar-refractivity contribution < 1.29 is 4.79 Å². The van der Waals surface area contributed by atoms with Crippen LogP contribution in [0.1, 0.15) is 32.8 Å². The van der Waals surface area contributed by atoms with E-state index < -0.39 is 0 Å². The molecule has 0 unspecified atom stereocenters. The minimum Gasteiger partial charge on any atom is -0.359 e. The number of amides is 1. The van der Waals surface area contributed by atoms with Crippen molar-refractivity contribution in [3.8, 4) is 0 Å². The number of halogens is 1. The van der Waals surface area contributed by atoms with Crippen molar-refractivity contribution >= 4 is 33.8 Å². The van der Waals surface area contributed by atoms with E-state index in [1.807, 2.05) is 29.2 Å². The third kappa shape index (κ3) is 2.14. The summed E-state index contributed by atoms with van der Waals surface area (Å²) in [7, 11) is 0. The topological polar surface area (TPSA) is 32.3 Å². The van der Waals surface area contributed by atoms with Gasteiger partial charge in [0.2, 0.25) is 0 Å².